The lowest BCUT2D eigenvalue weighted by atomic mass is 9.99. The molecule has 0 unspecified atom stereocenters. The minimum absolute atomic E-state index is 0.474. The van der Waals surface area contributed by atoms with Crippen LogP contribution in [0.4, 0.5) is 5.82 Å². The molecule has 0 spiro atoms. The van der Waals surface area contributed by atoms with Crippen molar-refractivity contribution in [2.24, 2.45) is 0 Å². The molecular formula is C13H23N3. The number of unbranched alkanes of at least 4 members (excludes halogenated alkanes) is 1. The highest BCUT2D eigenvalue weighted by molar-refractivity contribution is 5.47. The van der Waals surface area contributed by atoms with Crippen molar-refractivity contribution in [2.75, 3.05) is 11.9 Å². The maximum atomic E-state index is 4.43. The van der Waals surface area contributed by atoms with Crippen molar-refractivity contribution in [3.8, 4) is 0 Å². The number of hydrogen-bond acceptors (Lipinski definition) is 3. The monoisotopic (exact) mass is 221 g/mol. The highest BCUT2D eigenvalue weighted by Gasteiger charge is 2.13. The number of aryl methyl sites for hydroxylation is 1. The Morgan fingerprint density at radius 1 is 1.25 bits per heavy atom. The second kappa shape index (κ2) is 6.46. The highest BCUT2D eigenvalue weighted by atomic mass is 15.0. The Morgan fingerprint density at radius 3 is 2.56 bits per heavy atom. The molecule has 0 amide bonds. The lowest BCUT2D eigenvalue weighted by molar-refractivity contribution is 0.739. The van der Waals surface area contributed by atoms with E-state index < -0.39 is 0 Å². The molecule has 0 radical (unpaired) electrons. The van der Waals surface area contributed by atoms with Crippen molar-refractivity contribution < 1.29 is 0 Å². The number of rotatable bonds is 6. The molecule has 0 fully saturated rings. The van der Waals surface area contributed by atoms with Crippen LogP contribution in [0.15, 0.2) is 6.33 Å². The molecule has 0 saturated heterocycles. The predicted octanol–water partition coefficient (Wildman–Crippen LogP) is 3.37. The third kappa shape index (κ3) is 3.19. The van der Waals surface area contributed by atoms with Crippen LogP contribution >= 0.6 is 0 Å². The topological polar surface area (TPSA) is 37.8 Å². The van der Waals surface area contributed by atoms with Crippen molar-refractivity contribution in [3.05, 3.63) is 17.6 Å². The minimum atomic E-state index is 0.474. The van der Waals surface area contributed by atoms with Crippen LogP contribution in [-0.4, -0.2) is 16.5 Å². The molecule has 1 aromatic heterocycles. The lowest BCUT2D eigenvalue weighted by Crippen LogP contribution is -2.09. The molecule has 90 valence electrons. The van der Waals surface area contributed by atoms with Crippen LogP contribution in [0.5, 0.6) is 0 Å². The standard InChI is InChI=1S/C13H23N3/c1-5-7-8-11-12(10(3)4)13(14-6-2)16-9-15-11/h9-10H,5-8H2,1-4H3,(H,14,15,16). The normalized spacial score (nSPS) is 10.8. The van der Waals surface area contributed by atoms with Gasteiger partial charge in [-0.3, -0.25) is 0 Å². The Kier molecular flexibility index (Phi) is 5.23. The Morgan fingerprint density at radius 2 is 2.00 bits per heavy atom. The second-order valence-electron chi connectivity index (χ2n) is 4.37. The van der Waals surface area contributed by atoms with E-state index in [0.717, 1.165) is 18.8 Å². The maximum absolute atomic E-state index is 4.43. The fourth-order valence-corrected chi connectivity index (χ4v) is 1.89. The van der Waals surface area contributed by atoms with E-state index in [9.17, 15) is 0 Å². The molecule has 0 aliphatic carbocycles. The first-order valence-electron chi connectivity index (χ1n) is 6.28. The van der Waals surface area contributed by atoms with Crippen molar-refractivity contribution in [2.45, 2.75) is 52.9 Å². The quantitative estimate of drug-likeness (QED) is 0.800. The average Bonchev–Trinajstić information content (AvgIpc) is 2.26. The summed E-state index contributed by atoms with van der Waals surface area (Å²) in [6.07, 6.45) is 5.14. The van der Waals surface area contributed by atoms with Gasteiger partial charge in [0.15, 0.2) is 0 Å². The molecule has 16 heavy (non-hydrogen) atoms. The smallest absolute Gasteiger partial charge is 0.133 e. The van der Waals surface area contributed by atoms with E-state index in [1.165, 1.54) is 24.1 Å². The van der Waals surface area contributed by atoms with Crippen LogP contribution in [0.3, 0.4) is 0 Å². The Labute approximate surface area is 98.7 Å². The molecule has 1 N–H and O–H groups in total. The summed E-state index contributed by atoms with van der Waals surface area (Å²) in [5.74, 6) is 1.49. The Hall–Kier alpha value is -1.12. The summed E-state index contributed by atoms with van der Waals surface area (Å²) in [6, 6.07) is 0. The second-order valence-corrected chi connectivity index (χ2v) is 4.37. The van der Waals surface area contributed by atoms with Crippen LogP contribution < -0.4 is 5.32 Å². The molecule has 1 heterocycles. The van der Waals surface area contributed by atoms with Crippen LogP contribution in [0.25, 0.3) is 0 Å². The summed E-state index contributed by atoms with van der Waals surface area (Å²) in [5, 5.41) is 3.32. The predicted molar refractivity (Wildman–Crippen MR) is 68.9 cm³/mol. The van der Waals surface area contributed by atoms with Gasteiger partial charge in [0.05, 0.1) is 0 Å². The first-order valence-corrected chi connectivity index (χ1v) is 6.28. The van der Waals surface area contributed by atoms with Gasteiger partial charge in [0.2, 0.25) is 0 Å². The zero-order valence-electron chi connectivity index (χ0n) is 10.9. The van der Waals surface area contributed by atoms with Gasteiger partial charge in [0.1, 0.15) is 12.1 Å². The highest BCUT2D eigenvalue weighted by Crippen LogP contribution is 2.25. The average molecular weight is 221 g/mol. The van der Waals surface area contributed by atoms with Gasteiger partial charge in [-0.15, -0.1) is 0 Å². The molecule has 0 aliphatic heterocycles. The van der Waals surface area contributed by atoms with E-state index in [4.69, 9.17) is 0 Å². The fourth-order valence-electron chi connectivity index (χ4n) is 1.89. The van der Waals surface area contributed by atoms with Gasteiger partial charge in [0.25, 0.3) is 0 Å². The molecule has 0 aliphatic rings. The van der Waals surface area contributed by atoms with Crippen molar-refractivity contribution >= 4 is 5.82 Å². The summed E-state index contributed by atoms with van der Waals surface area (Å²) in [6.45, 7) is 9.62. The van der Waals surface area contributed by atoms with Gasteiger partial charge in [0, 0.05) is 17.8 Å². The van der Waals surface area contributed by atoms with Crippen LogP contribution in [0.1, 0.15) is 57.7 Å². The van der Waals surface area contributed by atoms with E-state index in [2.05, 4.69) is 43.0 Å². The van der Waals surface area contributed by atoms with Gasteiger partial charge < -0.3 is 5.32 Å². The first-order chi connectivity index (χ1) is 7.70. The Balaban J connectivity index is 3.00. The van der Waals surface area contributed by atoms with Gasteiger partial charge >= 0.3 is 0 Å². The Bertz CT molecular complexity index is 321. The largest absolute Gasteiger partial charge is 0.370 e. The summed E-state index contributed by atoms with van der Waals surface area (Å²) >= 11 is 0. The van der Waals surface area contributed by atoms with E-state index in [1.807, 2.05) is 0 Å². The van der Waals surface area contributed by atoms with Gasteiger partial charge in [-0.05, 0) is 25.7 Å². The molecule has 3 nitrogen and oxygen atoms in total. The third-order valence-corrected chi connectivity index (χ3v) is 2.66. The summed E-state index contributed by atoms with van der Waals surface area (Å²) in [5.41, 5.74) is 2.50. The number of nitrogens with one attached hydrogen (secondary N) is 1. The van der Waals surface area contributed by atoms with Crippen molar-refractivity contribution in [1.29, 1.82) is 0 Å². The molecule has 3 heteroatoms. The summed E-state index contributed by atoms with van der Waals surface area (Å²) in [7, 11) is 0. The zero-order valence-corrected chi connectivity index (χ0v) is 10.9. The van der Waals surface area contributed by atoms with Gasteiger partial charge in [-0.25, -0.2) is 9.97 Å². The third-order valence-electron chi connectivity index (χ3n) is 2.66. The number of anilines is 1. The lowest BCUT2D eigenvalue weighted by Gasteiger charge is -2.16. The number of aromatic nitrogens is 2. The SMILES string of the molecule is CCCCc1ncnc(NCC)c1C(C)C. The molecule has 0 bridgehead atoms. The number of nitrogens with zero attached hydrogens (tertiary/aromatic N) is 2. The zero-order chi connectivity index (χ0) is 12.0. The fraction of sp³-hybridized carbons (Fsp3) is 0.692. The van der Waals surface area contributed by atoms with Gasteiger partial charge in [-0.2, -0.15) is 0 Å². The van der Waals surface area contributed by atoms with Crippen molar-refractivity contribution in [3.63, 3.8) is 0 Å². The van der Waals surface area contributed by atoms with Crippen molar-refractivity contribution in [1.82, 2.24) is 9.97 Å². The molecule has 1 aromatic rings. The molecule has 0 saturated carbocycles. The van der Waals surface area contributed by atoms with Crippen LogP contribution in [-0.2, 0) is 6.42 Å². The first kappa shape index (κ1) is 12.9. The minimum Gasteiger partial charge on any atom is -0.370 e. The molecule has 0 aromatic carbocycles. The van der Waals surface area contributed by atoms with E-state index in [1.54, 1.807) is 6.33 Å². The molecule has 1 rings (SSSR count). The van der Waals surface area contributed by atoms with Crippen LogP contribution in [0.2, 0.25) is 0 Å². The van der Waals surface area contributed by atoms with E-state index in [-0.39, 0.29) is 0 Å². The maximum Gasteiger partial charge on any atom is 0.133 e. The molecular weight excluding hydrogens is 198 g/mol. The van der Waals surface area contributed by atoms with E-state index >= 15 is 0 Å². The van der Waals surface area contributed by atoms with Gasteiger partial charge in [-0.1, -0.05) is 27.2 Å². The summed E-state index contributed by atoms with van der Waals surface area (Å²) in [4.78, 5) is 8.77. The van der Waals surface area contributed by atoms with E-state index in [0.29, 0.717) is 5.92 Å². The number of hydrogen-bond donors (Lipinski definition) is 1. The molecule has 0 atom stereocenters. The van der Waals surface area contributed by atoms with Crippen LogP contribution in [0, 0.1) is 0 Å². The summed E-state index contributed by atoms with van der Waals surface area (Å²) < 4.78 is 0.